The van der Waals surface area contributed by atoms with Crippen molar-refractivity contribution in [3.63, 3.8) is 0 Å². The minimum absolute atomic E-state index is 0.00216. The number of aromatic nitrogens is 3. The Morgan fingerprint density at radius 1 is 1.15 bits per heavy atom. The molecule has 8 nitrogen and oxygen atoms in total. The summed E-state index contributed by atoms with van der Waals surface area (Å²) in [5.74, 6) is 0.772. The molecule has 1 saturated heterocycles. The van der Waals surface area contributed by atoms with E-state index in [2.05, 4.69) is 15.3 Å². The average Bonchev–Trinajstić information content (AvgIpc) is 3.45. The van der Waals surface area contributed by atoms with Gasteiger partial charge in [-0.15, -0.1) is 0 Å². The van der Waals surface area contributed by atoms with Gasteiger partial charge in [0.1, 0.15) is 11.8 Å². The maximum atomic E-state index is 12.5. The van der Waals surface area contributed by atoms with E-state index in [1.54, 1.807) is 29.4 Å². The van der Waals surface area contributed by atoms with Gasteiger partial charge < -0.3 is 19.5 Å². The summed E-state index contributed by atoms with van der Waals surface area (Å²) in [6.07, 6.45) is 8.34. The lowest BCUT2D eigenvalue weighted by atomic mass is 10.1. The first-order chi connectivity index (χ1) is 13.1. The Kier molecular flexibility index (Phi) is 4.79. The molecule has 0 spiro atoms. The highest BCUT2D eigenvalue weighted by atomic mass is 16.5. The molecule has 2 fully saturated rings. The molecule has 1 aliphatic carbocycles. The number of piperidine rings is 1. The zero-order valence-corrected chi connectivity index (χ0v) is 15.3. The summed E-state index contributed by atoms with van der Waals surface area (Å²) < 4.78 is 7.67. The topological polar surface area (TPSA) is 89.4 Å². The second-order valence-corrected chi connectivity index (χ2v) is 7.15. The van der Waals surface area contributed by atoms with Crippen LogP contribution in [0.5, 0.6) is 5.88 Å². The predicted octanol–water partition coefficient (Wildman–Crippen LogP) is 1.85. The van der Waals surface area contributed by atoms with Crippen molar-refractivity contribution in [2.24, 2.45) is 13.0 Å². The molecule has 142 valence electrons. The van der Waals surface area contributed by atoms with Crippen LogP contribution < -0.4 is 10.1 Å². The number of ether oxygens (including phenoxy) is 1. The highest BCUT2D eigenvalue weighted by molar-refractivity contribution is 5.94. The van der Waals surface area contributed by atoms with Crippen LogP contribution in [-0.2, 0) is 11.8 Å². The average molecular weight is 369 g/mol. The van der Waals surface area contributed by atoms with Crippen molar-refractivity contribution in [2.45, 2.75) is 31.8 Å². The third-order valence-electron chi connectivity index (χ3n) is 5.00. The lowest BCUT2D eigenvalue weighted by Gasteiger charge is -2.31. The fraction of sp³-hybridized carbons (Fsp3) is 0.474. The van der Waals surface area contributed by atoms with E-state index >= 15 is 0 Å². The molecule has 2 aliphatic rings. The first kappa shape index (κ1) is 17.5. The zero-order valence-electron chi connectivity index (χ0n) is 15.3. The molecular weight excluding hydrogens is 346 g/mol. The monoisotopic (exact) mass is 369 g/mol. The molecule has 2 aromatic heterocycles. The van der Waals surface area contributed by atoms with Crippen LogP contribution in [0, 0.1) is 5.92 Å². The lowest BCUT2D eigenvalue weighted by Crippen LogP contribution is -2.42. The molecule has 4 rings (SSSR count). The first-order valence-electron chi connectivity index (χ1n) is 9.29. The molecule has 0 unspecified atom stereocenters. The zero-order chi connectivity index (χ0) is 18.8. The van der Waals surface area contributed by atoms with Crippen molar-refractivity contribution in [2.75, 3.05) is 18.4 Å². The summed E-state index contributed by atoms with van der Waals surface area (Å²) in [5.41, 5.74) is 1.29. The second-order valence-electron chi connectivity index (χ2n) is 7.15. The van der Waals surface area contributed by atoms with E-state index in [1.165, 1.54) is 0 Å². The van der Waals surface area contributed by atoms with E-state index in [0.29, 0.717) is 30.4 Å². The van der Waals surface area contributed by atoms with Crippen molar-refractivity contribution >= 4 is 17.5 Å². The van der Waals surface area contributed by atoms with E-state index in [1.807, 2.05) is 18.0 Å². The number of nitrogens with one attached hydrogen (secondary N) is 1. The first-order valence-corrected chi connectivity index (χ1v) is 9.29. The minimum Gasteiger partial charge on any atom is -0.474 e. The van der Waals surface area contributed by atoms with Gasteiger partial charge in [0, 0.05) is 45.0 Å². The molecule has 2 aromatic rings. The van der Waals surface area contributed by atoms with Gasteiger partial charge in [0.2, 0.25) is 11.8 Å². The Labute approximate surface area is 157 Å². The lowest BCUT2D eigenvalue weighted by molar-refractivity contribution is -0.117. The number of nitrogens with zero attached hydrogens (tertiary/aromatic N) is 4. The van der Waals surface area contributed by atoms with Crippen LogP contribution in [-0.4, -0.2) is 50.4 Å². The SMILES string of the molecule is Cn1cncc1C(=O)N1CCC(Oc2ccc(NC(=O)C3CC3)cn2)CC1. The minimum atomic E-state index is 0.00216. The quantitative estimate of drug-likeness (QED) is 0.869. The summed E-state index contributed by atoms with van der Waals surface area (Å²) >= 11 is 0. The van der Waals surface area contributed by atoms with Crippen LogP contribution in [0.1, 0.15) is 36.2 Å². The fourth-order valence-corrected chi connectivity index (χ4v) is 3.19. The van der Waals surface area contributed by atoms with Crippen LogP contribution in [0.25, 0.3) is 0 Å². The number of hydrogen-bond donors (Lipinski definition) is 1. The van der Waals surface area contributed by atoms with E-state index in [0.717, 1.165) is 25.7 Å². The van der Waals surface area contributed by atoms with Crippen LogP contribution in [0.4, 0.5) is 5.69 Å². The number of carbonyl (C=O) groups excluding carboxylic acids is 2. The molecule has 8 heteroatoms. The van der Waals surface area contributed by atoms with Gasteiger partial charge >= 0.3 is 0 Å². The molecule has 0 radical (unpaired) electrons. The molecule has 0 aromatic carbocycles. The van der Waals surface area contributed by atoms with Crippen molar-refractivity contribution in [3.05, 3.63) is 36.5 Å². The van der Waals surface area contributed by atoms with Crippen molar-refractivity contribution in [3.8, 4) is 5.88 Å². The van der Waals surface area contributed by atoms with E-state index in [9.17, 15) is 9.59 Å². The van der Waals surface area contributed by atoms with E-state index in [4.69, 9.17) is 4.74 Å². The number of rotatable bonds is 5. The van der Waals surface area contributed by atoms with Gasteiger partial charge in [0.25, 0.3) is 5.91 Å². The number of likely N-dealkylation sites (tertiary alicyclic amines) is 1. The molecule has 0 bridgehead atoms. The predicted molar refractivity (Wildman–Crippen MR) is 98.4 cm³/mol. The largest absolute Gasteiger partial charge is 0.474 e. The van der Waals surface area contributed by atoms with Crippen LogP contribution in [0.2, 0.25) is 0 Å². The number of aryl methyl sites for hydroxylation is 1. The van der Waals surface area contributed by atoms with Gasteiger partial charge in [-0.25, -0.2) is 9.97 Å². The third kappa shape index (κ3) is 4.10. The second kappa shape index (κ2) is 7.38. The Bertz CT molecular complexity index is 820. The molecule has 1 aliphatic heterocycles. The maximum absolute atomic E-state index is 12.5. The van der Waals surface area contributed by atoms with Gasteiger partial charge in [-0.2, -0.15) is 0 Å². The number of imidazole rings is 1. The Morgan fingerprint density at radius 2 is 1.93 bits per heavy atom. The fourth-order valence-electron chi connectivity index (χ4n) is 3.19. The number of hydrogen-bond acceptors (Lipinski definition) is 5. The van der Waals surface area contributed by atoms with Gasteiger partial charge in [0.05, 0.1) is 24.4 Å². The molecule has 1 N–H and O–H groups in total. The highest BCUT2D eigenvalue weighted by Crippen LogP contribution is 2.30. The summed E-state index contributed by atoms with van der Waals surface area (Å²) in [6, 6.07) is 3.58. The van der Waals surface area contributed by atoms with Gasteiger partial charge in [-0.1, -0.05) is 0 Å². The summed E-state index contributed by atoms with van der Waals surface area (Å²) in [7, 11) is 1.82. The molecule has 3 heterocycles. The Balaban J connectivity index is 1.27. The van der Waals surface area contributed by atoms with Gasteiger partial charge in [0.15, 0.2) is 0 Å². The number of anilines is 1. The Hall–Kier alpha value is -2.90. The van der Waals surface area contributed by atoms with Gasteiger partial charge in [-0.05, 0) is 18.9 Å². The number of pyridine rings is 1. The summed E-state index contributed by atoms with van der Waals surface area (Å²) in [6.45, 7) is 1.29. The molecule has 2 amide bonds. The molecule has 1 saturated carbocycles. The normalized spacial score (nSPS) is 17.6. The Morgan fingerprint density at radius 3 is 2.52 bits per heavy atom. The smallest absolute Gasteiger partial charge is 0.272 e. The van der Waals surface area contributed by atoms with Crippen molar-refractivity contribution < 1.29 is 14.3 Å². The summed E-state index contributed by atoms with van der Waals surface area (Å²) in [4.78, 5) is 34.4. The van der Waals surface area contributed by atoms with Gasteiger partial charge in [-0.3, -0.25) is 9.59 Å². The molecule has 0 atom stereocenters. The van der Waals surface area contributed by atoms with Crippen molar-refractivity contribution in [1.29, 1.82) is 0 Å². The molecular formula is C19H23N5O3. The van der Waals surface area contributed by atoms with Crippen molar-refractivity contribution in [1.82, 2.24) is 19.4 Å². The van der Waals surface area contributed by atoms with Crippen LogP contribution in [0.15, 0.2) is 30.9 Å². The maximum Gasteiger partial charge on any atom is 0.272 e. The molecule has 27 heavy (non-hydrogen) atoms. The standard InChI is InChI=1S/C19H23N5O3/c1-23-12-20-11-16(23)19(26)24-8-6-15(7-9-24)27-17-5-4-14(10-21-17)22-18(25)13-2-3-13/h4-5,10-13,15H,2-3,6-9H2,1H3,(H,22,25). The van der Waals surface area contributed by atoms with E-state index < -0.39 is 0 Å². The number of amides is 2. The van der Waals surface area contributed by atoms with E-state index in [-0.39, 0.29) is 23.8 Å². The highest BCUT2D eigenvalue weighted by Gasteiger charge is 2.29. The number of carbonyl (C=O) groups is 2. The third-order valence-corrected chi connectivity index (χ3v) is 5.00. The van der Waals surface area contributed by atoms with Crippen LogP contribution >= 0.6 is 0 Å². The summed E-state index contributed by atoms with van der Waals surface area (Å²) in [5, 5.41) is 2.86. The van der Waals surface area contributed by atoms with Crippen LogP contribution in [0.3, 0.4) is 0 Å².